The summed E-state index contributed by atoms with van der Waals surface area (Å²) in [5.41, 5.74) is 4.28. The first kappa shape index (κ1) is 16.2. The lowest BCUT2D eigenvalue weighted by Gasteiger charge is -2.27. The van der Waals surface area contributed by atoms with Gasteiger partial charge < -0.3 is 5.32 Å². The van der Waals surface area contributed by atoms with Crippen molar-refractivity contribution in [1.29, 1.82) is 0 Å². The van der Waals surface area contributed by atoms with Crippen molar-refractivity contribution in [2.45, 2.75) is 66.3 Å². The molecule has 0 fully saturated rings. The molecule has 0 saturated carbocycles. The van der Waals surface area contributed by atoms with Crippen molar-refractivity contribution in [1.82, 2.24) is 5.32 Å². The summed E-state index contributed by atoms with van der Waals surface area (Å²) in [6.45, 7) is 12.4. The van der Waals surface area contributed by atoms with Gasteiger partial charge >= 0.3 is 0 Å². The van der Waals surface area contributed by atoms with Crippen LogP contribution in [0.5, 0.6) is 0 Å². The summed E-state index contributed by atoms with van der Waals surface area (Å²) in [6.07, 6.45) is 4.91. The smallest absolute Gasteiger partial charge is 0.0135 e. The van der Waals surface area contributed by atoms with E-state index in [-0.39, 0.29) is 0 Å². The van der Waals surface area contributed by atoms with Gasteiger partial charge in [-0.05, 0) is 55.8 Å². The zero-order chi connectivity index (χ0) is 14.3. The zero-order valence-corrected chi connectivity index (χ0v) is 13.4. The largest absolute Gasteiger partial charge is 0.313 e. The van der Waals surface area contributed by atoms with Crippen LogP contribution in [0.3, 0.4) is 0 Å². The minimum absolute atomic E-state index is 0.622. The van der Waals surface area contributed by atoms with Gasteiger partial charge in [-0.25, -0.2) is 0 Å². The van der Waals surface area contributed by atoms with Gasteiger partial charge in [0.15, 0.2) is 0 Å². The van der Waals surface area contributed by atoms with Crippen LogP contribution in [0.2, 0.25) is 0 Å². The first-order chi connectivity index (χ1) is 9.12. The third-order valence-corrected chi connectivity index (χ3v) is 4.30. The topological polar surface area (TPSA) is 12.0 Å². The molecule has 1 atom stereocenters. The third kappa shape index (κ3) is 4.99. The van der Waals surface area contributed by atoms with E-state index in [0.717, 1.165) is 18.9 Å². The van der Waals surface area contributed by atoms with Crippen molar-refractivity contribution in [3.05, 3.63) is 34.9 Å². The molecule has 1 rings (SSSR count). The fourth-order valence-electron chi connectivity index (χ4n) is 2.78. The van der Waals surface area contributed by atoms with Gasteiger partial charge in [0, 0.05) is 6.04 Å². The molecule has 1 aromatic carbocycles. The third-order valence-electron chi connectivity index (χ3n) is 4.30. The van der Waals surface area contributed by atoms with Gasteiger partial charge in [0.2, 0.25) is 0 Å². The highest BCUT2D eigenvalue weighted by molar-refractivity contribution is 5.30. The Morgan fingerprint density at radius 1 is 1.00 bits per heavy atom. The van der Waals surface area contributed by atoms with E-state index in [9.17, 15) is 0 Å². The lowest BCUT2D eigenvalue weighted by molar-refractivity contribution is 0.332. The molecule has 0 radical (unpaired) electrons. The van der Waals surface area contributed by atoms with Gasteiger partial charge in [-0.3, -0.25) is 0 Å². The monoisotopic (exact) mass is 261 g/mol. The minimum Gasteiger partial charge on any atom is -0.313 e. The standard InChI is InChI=1S/C18H31N/c1-6-11-19-18(17(7-2)8-3)13-16-10-9-14(4)15(5)12-16/h9-10,12,17-19H,6-8,11,13H2,1-5H3. The molecule has 0 aromatic heterocycles. The van der Waals surface area contributed by atoms with E-state index in [1.807, 2.05) is 0 Å². The first-order valence-electron chi connectivity index (χ1n) is 7.91. The number of hydrogen-bond acceptors (Lipinski definition) is 1. The molecule has 108 valence electrons. The number of benzene rings is 1. The van der Waals surface area contributed by atoms with Crippen LogP contribution in [0.4, 0.5) is 0 Å². The minimum atomic E-state index is 0.622. The molecule has 19 heavy (non-hydrogen) atoms. The van der Waals surface area contributed by atoms with Gasteiger partial charge in [0.25, 0.3) is 0 Å². The highest BCUT2D eigenvalue weighted by Gasteiger charge is 2.18. The zero-order valence-electron chi connectivity index (χ0n) is 13.4. The fraction of sp³-hybridized carbons (Fsp3) is 0.667. The van der Waals surface area contributed by atoms with Crippen molar-refractivity contribution in [2.24, 2.45) is 5.92 Å². The second-order valence-corrected chi connectivity index (χ2v) is 5.76. The summed E-state index contributed by atoms with van der Waals surface area (Å²) < 4.78 is 0. The van der Waals surface area contributed by atoms with Crippen LogP contribution < -0.4 is 5.32 Å². The van der Waals surface area contributed by atoms with Crippen LogP contribution in [-0.2, 0) is 6.42 Å². The number of aryl methyl sites for hydroxylation is 2. The van der Waals surface area contributed by atoms with Crippen LogP contribution >= 0.6 is 0 Å². The van der Waals surface area contributed by atoms with E-state index < -0.39 is 0 Å². The summed E-state index contributed by atoms with van der Waals surface area (Å²) in [5.74, 6) is 0.785. The molecule has 1 N–H and O–H groups in total. The van der Waals surface area contributed by atoms with Gasteiger partial charge in [-0.2, -0.15) is 0 Å². The Hall–Kier alpha value is -0.820. The second-order valence-electron chi connectivity index (χ2n) is 5.76. The van der Waals surface area contributed by atoms with Crippen LogP contribution in [0.15, 0.2) is 18.2 Å². The average molecular weight is 261 g/mol. The van der Waals surface area contributed by atoms with Crippen molar-refractivity contribution >= 4 is 0 Å². The first-order valence-corrected chi connectivity index (χ1v) is 7.91. The molecule has 0 aliphatic heterocycles. The maximum Gasteiger partial charge on any atom is 0.0135 e. The average Bonchev–Trinajstić information content (AvgIpc) is 2.41. The molecule has 0 bridgehead atoms. The van der Waals surface area contributed by atoms with E-state index in [4.69, 9.17) is 0 Å². The van der Waals surface area contributed by atoms with E-state index in [1.165, 1.54) is 36.0 Å². The van der Waals surface area contributed by atoms with E-state index in [2.05, 4.69) is 58.1 Å². The predicted molar refractivity (Wildman–Crippen MR) is 85.8 cm³/mol. The molecule has 0 heterocycles. The maximum atomic E-state index is 3.75. The quantitative estimate of drug-likeness (QED) is 0.718. The predicted octanol–water partition coefficient (Wildman–Crippen LogP) is 4.65. The molecule has 1 aromatic rings. The van der Waals surface area contributed by atoms with Crippen molar-refractivity contribution in [3.8, 4) is 0 Å². The van der Waals surface area contributed by atoms with E-state index >= 15 is 0 Å². The second kappa shape index (κ2) is 8.37. The molecular formula is C18H31N. The Kier molecular flexibility index (Phi) is 7.15. The van der Waals surface area contributed by atoms with Gasteiger partial charge in [0.05, 0.1) is 0 Å². The Balaban J connectivity index is 2.77. The number of nitrogens with one attached hydrogen (secondary N) is 1. The van der Waals surface area contributed by atoms with Crippen molar-refractivity contribution < 1.29 is 0 Å². The fourth-order valence-corrected chi connectivity index (χ4v) is 2.78. The Bertz CT molecular complexity index is 366. The van der Waals surface area contributed by atoms with Crippen LogP contribution in [0.1, 0.15) is 56.7 Å². The highest BCUT2D eigenvalue weighted by atomic mass is 14.9. The summed E-state index contributed by atoms with van der Waals surface area (Å²) in [4.78, 5) is 0. The highest BCUT2D eigenvalue weighted by Crippen LogP contribution is 2.19. The maximum absolute atomic E-state index is 3.75. The summed E-state index contributed by atoms with van der Waals surface area (Å²) in [6, 6.07) is 7.54. The molecule has 1 nitrogen and oxygen atoms in total. The normalized spacial score (nSPS) is 12.9. The van der Waals surface area contributed by atoms with E-state index in [0.29, 0.717) is 6.04 Å². The van der Waals surface area contributed by atoms with Crippen LogP contribution in [0, 0.1) is 19.8 Å². The molecule has 1 unspecified atom stereocenters. The van der Waals surface area contributed by atoms with Crippen molar-refractivity contribution in [2.75, 3.05) is 6.54 Å². The van der Waals surface area contributed by atoms with E-state index in [1.54, 1.807) is 0 Å². The lowest BCUT2D eigenvalue weighted by Crippen LogP contribution is -2.38. The summed E-state index contributed by atoms with van der Waals surface area (Å²) >= 11 is 0. The molecular weight excluding hydrogens is 230 g/mol. The van der Waals surface area contributed by atoms with Gasteiger partial charge in [-0.15, -0.1) is 0 Å². The molecule has 0 amide bonds. The Morgan fingerprint density at radius 2 is 1.68 bits per heavy atom. The molecule has 0 spiro atoms. The Labute approximate surface area is 119 Å². The van der Waals surface area contributed by atoms with Crippen LogP contribution in [0.25, 0.3) is 0 Å². The number of rotatable bonds is 8. The Morgan fingerprint density at radius 3 is 2.21 bits per heavy atom. The molecule has 0 saturated heterocycles. The number of hydrogen-bond donors (Lipinski definition) is 1. The molecule has 1 heteroatoms. The lowest BCUT2D eigenvalue weighted by atomic mass is 9.88. The summed E-state index contributed by atoms with van der Waals surface area (Å²) in [5, 5.41) is 3.75. The summed E-state index contributed by atoms with van der Waals surface area (Å²) in [7, 11) is 0. The van der Waals surface area contributed by atoms with Gasteiger partial charge in [0.1, 0.15) is 0 Å². The molecule has 0 aliphatic rings. The van der Waals surface area contributed by atoms with Crippen molar-refractivity contribution in [3.63, 3.8) is 0 Å². The SMILES string of the molecule is CCCNC(Cc1ccc(C)c(C)c1)C(CC)CC. The van der Waals surface area contributed by atoms with Gasteiger partial charge in [-0.1, -0.05) is 51.8 Å². The molecule has 0 aliphatic carbocycles. The van der Waals surface area contributed by atoms with Crippen LogP contribution in [-0.4, -0.2) is 12.6 Å².